The van der Waals surface area contributed by atoms with Gasteiger partial charge in [-0.1, -0.05) is 72.4 Å². The van der Waals surface area contributed by atoms with Crippen molar-refractivity contribution < 1.29 is 4.79 Å². The molecule has 0 N–H and O–H groups in total. The Hall–Kier alpha value is -2.52. The molecule has 3 aromatic rings. The van der Waals surface area contributed by atoms with Gasteiger partial charge in [-0.2, -0.15) is 0 Å². The Morgan fingerprint density at radius 1 is 0.957 bits per heavy atom. The topological polar surface area (TPSA) is 20.3 Å². The molecule has 0 unspecified atom stereocenters. The lowest BCUT2D eigenvalue weighted by Crippen LogP contribution is -2.11. The van der Waals surface area contributed by atoms with Crippen LogP contribution in [0.5, 0.6) is 0 Å². The lowest BCUT2D eigenvalue weighted by atomic mass is 10.1. The number of carbonyl (C=O) groups is 1. The number of thioether (sulfide) groups is 1. The lowest BCUT2D eigenvalue weighted by molar-refractivity contribution is 0.104. The van der Waals surface area contributed by atoms with Gasteiger partial charge in [-0.15, -0.1) is 0 Å². The molecule has 2 nitrogen and oxygen atoms in total. The van der Waals surface area contributed by atoms with Crippen LogP contribution in [-0.4, -0.2) is 12.8 Å². The molecule has 0 aromatic heterocycles. The molecule has 1 aliphatic rings. The number of fused-ring (bicyclic) bond motifs is 3. The monoisotopic (exact) mass is 317 g/mol. The number of anilines is 1. The highest BCUT2D eigenvalue weighted by Crippen LogP contribution is 2.48. The standard InChI is InChI=1S/C20H15NOS/c1-21-19(13-17(22)15-8-3-2-4-9-15)23-18-12-11-14-7-5-6-10-16(14)20(18)21/h2-13H,1H3/b19-13-. The summed E-state index contributed by atoms with van der Waals surface area (Å²) in [5.41, 5.74) is 1.90. The van der Waals surface area contributed by atoms with E-state index in [9.17, 15) is 4.79 Å². The molecule has 0 spiro atoms. The van der Waals surface area contributed by atoms with Gasteiger partial charge in [-0.05, 0) is 11.5 Å². The van der Waals surface area contributed by atoms with Crippen molar-refractivity contribution in [3.8, 4) is 0 Å². The maximum absolute atomic E-state index is 12.4. The van der Waals surface area contributed by atoms with Crippen molar-refractivity contribution in [1.82, 2.24) is 0 Å². The Balaban J connectivity index is 1.75. The number of rotatable bonds is 2. The Bertz CT molecular complexity index is 931. The lowest BCUT2D eigenvalue weighted by Gasteiger charge is -2.15. The molecule has 0 aliphatic carbocycles. The number of allylic oxidation sites excluding steroid dienone is 1. The molecule has 0 amide bonds. The first-order valence-corrected chi connectivity index (χ1v) is 8.30. The maximum atomic E-state index is 12.4. The van der Waals surface area contributed by atoms with Crippen molar-refractivity contribution in [2.45, 2.75) is 4.90 Å². The third kappa shape index (κ3) is 2.43. The fraction of sp³-hybridized carbons (Fsp3) is 0.0500. The molecule has 4 rings (SSSR count). The van der Waals surface area contributed by atoms with Gasteiger partial charge in [0.15, 0.2) is 5.78 Å². The normalized spacial score (nSPS) is 15.2. The van der Waals surface area contributed by atoms with Gasteiger partial charge in [0, 0.05) is 29.0 Å². The van der Waals surface area contributed by atoms with E-state index in [1.807, 2.05) is 43.4 Å². The Kier molecular flexibility index (Phi) is 3.43. The fourth-order valence-electron chi connectivity index (χ4n) is 2.88. The van der Waals surface area contributed by atoms with Gasteiger partial charge in [0.1, 0.15) is 0 Å². The minimum Gasteiger partial charge on any atom is -0.338 e. The summed E-state index contributed by atoms with van der Waals surface area (Å²) in [6, 6.07) is 22.0. The Morgan fingerprint density at radius 3 is 2.52 bits per heavy atom. The molecule has 0 radical (unpaired) electrons. The highest BCUT2D eigenvalue weighted by molar-refractivity contribution is 8.03. The first kappa shape index (κ1) is 14.1. The van der Waals surface area contributed by atoms with Gasteiger partial charge < -0.3 is 4.90 Å². The van der Waals surface area contributed by atoms with Gasteiger partial charge in [-0.3, -0.25) is 4.79 Å². The van der Waals surface area contributed by atoms with Gasteiger partial charge in [0.2, 0.25) is 0 Å². The van der Waals surface area contributed by atoms with Gasteiger partial charge in [-0.25, -0.2) is 0 Å². The zero-order valence-corrected chi connectivity index (χ0v) is 13.5. The molecule has 0 saturated heterocycles. The first-order chi connectivity index (χ1) is 11.2. The molecular formula is C20H15NOS. The summed E-state index contributed by atoms with van der Waals surface area (Å²) in [6.07, 6.45) is 1.73. The summed E-state index contributed by atoms with van der Waals surface area (Å²) < 4.78 is 0. The van der Waals surface area contributed by atoms with Crippen LogP contribution in [0.15, 0.2) is 82.7 Å². The zero-order chi connectivity index (χ0) is 15.8. The van der Waals surface area contributed by atoms with E-state index >= 15 is 0 Å². The number of benzene rings is 3. The van der Waals surface area contributed by atoms with Crippen LogP contribution in [0, 0.1) is 0 Å². The second-order valence-electron chi connectivity index (χ2n) is 5.51. The summed E-state index contributed by atoms with van der Waals surface area (Å²) in [6.45, 7) is 0. The molecule has 23 heavy (non-hydrogen) atoms. The van der Waals surface area contributed by atoms with Crippen molar-refractivity contribution in [3.05, 3.63) is 83.4 Å². The second kappa shape index (κ2) is 5.60. The molecule has 112 valence electrons. The smallest absolute Gasteiger partial charge is 0.188 e. The molecule has 0 atom stereocenters. The molecule has 3 aromatic carbocycles. The van der Waals surface area contributed by atoms with Crippen molar-refractivity contribution in [1.29, 1.82) is 0 Å². The second-order valence-corrected chi connectivity index (χ2v) is 6.57. The number of hydrogen-bond acceptors (Lipinski definition) is 3. The summed E-state index contributed by atoms with van der Waals surface area (Å²) in [4.78, 5) is 15.8. The van der Waals surface area contributed by atoms with E-state index < -0.39 is 0 Å². The predicted molar refractivity (Wildman–Crippen MR) is 97.1 cm³/mol. The fourth-order valence-corrected chi connectivity index (χ4v) is 3.98. The summed E-state index contributed by atoms with van der Waals surface area (Å²) in [7, 11) is 2.02. The van der Waals surface area contributed by atoms with Crippen LogP contribution in [0.4, 0.5) is 5.69 Å². The largest absolute Gasteiger partial charge is 0.338 e. The van der Waals surface area contributed by atoms with Crippen LogP contribution in [-0.2, 0) is 0 Å². The van der Waals surface area contributed by atoms with E-state index in [1.165, 1.54) is 21.4 Å². The average Bonchev–Trinajstić information content (AvgIpc) is 2.92. The summed E-state index contributed by atoms with van der Waals surface area (Å²) >= 11 is 1.65. The predicted octanol–water partition coefficient (Wildman–Crippen LogP) is 5.11. The minimum atomic E-state index is 0.0389. The number of carbonyl (C=O) groups excluding carboxylic acids is 1. The van der Waals surface area contributed by atoms with Crippen molar-refractivity contribution >= 4 is 34.0 Å². The van der Waals surface area contributed by atoms with Crippen LogP contribution in [0.1, 0.15) is 10.4 Å². The highest BCUT2D eigenvalue weighted by Gasteiger charge is 2.24. The van der Waals surface area contributed by atoms with Crippen LogP contribution in [0.2, 0.25) is 0 Å². The van der Waals surface area contributed by atoms with Crippen LogP contribution >= 0.6 is 11.8 Å². The first-order valence-electron chi connectivity index (χ1n) is 7.48. The quantitative estimate of drug-likeness (QED) is 0.484. The zero-order valence-electron chi connectivity index (χ0n) is 12.7. The molecule has 3 heteroatoms. The van der Waals surface area contributed by atoms with E-state index in [0.29, 0.717) is 0 Å². The molecule has 0 saturated carbocycles. The van der Waals surface area contributed by atoms with E-state index in [1.54, 1.807) is 17.8 Å². The minimum absolute atomic E-state index is 0.0389. The molecule has 0 fully saturated rings. The van der Waals surface area contributed by atoms with Crippen LogP contribution in [0.3, 0.4) is 0 Å². The van der Waals surface area contributed by atoms with E-state index in [0.717, 1.165) is 10.6 Å². The van der Waals surface area contributed by atoms with Crippen LogP contribution < -0.4 is 4.90 Å². The molecule has 1 heterocycles. The number of nitrogens with zero attached hydrogens (tertiary/aromatic N) is 1. The number of hydrogen-bond donors (Lipinski definition) is 0. The van der Waals surface area contributed by atoms with E-state index in [-0.39, 0.29) is 5.78 Å². The highest BCUT2D eigenvalue weighted by atomic mass is 32.2. The Morgan fingerprint density at radius 2 is 1.70 bits per heavy atom. The molecule has 0 bridgehead atoms. The van der Waals surface area contributed by atoms with Crippen molar-refractivity contribution in [2.75, 3.05) is 11.9 Å². The van der Waals surface area contributed by atoms with Gasteiger partial charge >= 0.3 is 0 Å². The van der Waals surface area contributed by atoms with E-state index in [2.05, 4.69) is 35.2 Å². The van der Waals surface area contributed by atoms with Crippen molar-refractivity contribution in [2.24, 2.45) is 0 Å². The molecular weight excluding hydrogens is 302 g/mol. The third-order valence-electron chi connectivity index (χ3n) is 4.06. The van der Waals surface area contributed by atoms with Crippen molar-refractivity contribution in [3.63, 3.8) is 0 Å². The Labute approximate surface area is 139 Å². The van der Waals surface area contributed by atoms with Gasteiger partial charge in [0.25, 0.3) is 0 Å². The number of ketones is 1. The summed E-state index contributed by atoms with van der Waals surface area (Å²) in [5, 5.41) is 3.40. The average molecular weight is 317 g/mol. The summed E-state index contributed by atoms with van der Waals surface area (Å²) in [5.74, 6) is 0.0389. The molecule has 1 aliphatic heterocycles. The third-order valence-corrected chi connectivity index (χ3v) is 5.21. The van der Waals surface area contributed by atoms with Gasteiger partial charge in [0.05, 0.1) is 10.7 Å². The SMILES string of the molecule is CN1/C(=C/C(=O)c2ccccc2)Sc2ccc3ccccc3c21. The van der Waals surface area contributed by atoms with E-state index in [4.69, 9.17) is 0 Å². The van der Waals surface area contributed by atoms with Crippen LogP contribution in [0.25, 0.3) is 10.8 Å². The maximum Gasteiger partial charge on any atom is 0.188 e.